The zero-order chi connectivity index (χ0) is 22.2. The number of hydrogen-bond donors (Lipinski definition) is 1. The monoisotopic (exact) mass is 433 g/mol. The molecular formula is C22H22F3N3O3. The topological polar surface area (TPSA) is 69.4 Å². The summed E-state index contributed by atoms with van der Waals surface area (Å²) in [6.45, 7) is 2.27. The Morgan fingerprint density at radius 2 is 2.06 bits per heavy atom. The Morgan fingerprint density at radius 3 is 2.77 bits per heavy atom. The third-order valence-electron chi connectivity index (χ3n) is 5.31. The first-order valence-electron chi connectivity index (χ1n) is 9.86. The van der Waals surface area contributed by atoms with Gasteiger partial charge < -0.3 is 14.6 Å². The van der Waals surface area contributed by atoms with E-state index in [4.69, 9.17) is 14.6 Å². The van der Waals surface area contributed by atoms with E-state index in [9.17, 15) is 18.3 Å². The van der Waals surface area contributed by atoms with Crippen LogP contribution in [-0.2, 0) is 30.4 Å². The number of rotatable bonds is 4. The summed E-state index contributed by atoms with van der Waals surface area (Å²) >= 11 is 0. The number of aliphatic hydroxyl groups is 1. The van der Waals surface area contributed by atoms with Gasteiger partial charge in [-0.25, -0.2) is 4.68 Å². The van der Waals surface area contributed by atoms with E-state index in [0.717, 1.165) is 22.9 Å². The second-order valence-electron chi connectivity index (χ2n) is 7.40. The van der Waals surface area contributed by atoms with Gasteiger partial charge in [-0.15, -0.1) is 0 Å². The van der Waals surface area contributed by atoms with Gasteiger partial charge in [0.25, 0.3) is 0 Å². The highest BCUT2D eigenvalue weighted by atomic mass is 19.4. The van der Waals surface area contributed by atoms with Gasteiger partial charge in [0.05, 0.1) is 54.8 Å². The zero-order valence-corrected chi connectivity index (χ0v) is 17.1. The van der Waals surface area contributed by atoms with Gasteiger partial charge in [0.1, 0.15) is 5.75 Å². The number of hydrogen-bond acceptors (Lipinski definition) is 5. The van der Waals surface area contributed by atoms with Crippen molar-refractivity contribution >= 4 is 0 Å². The van der Waals surface area contributed by atoms with Crippen LogP contribution in [0.25, 0.3) is 16.9 Å². The van der Waals surface area contributed by atoms with Crippen molar-refractivity contribution in [2.75, 3.05) is 13.7 Å². The van der Waals surface area contributed by atoms with Crippen LogP contribution in [0.2, 0.25) is 0 Å². The second kappa shape index (κ2) is 8.32. The Kier molecular flexibility index (Phi) is 5.72. The SMILES string of the molecule is COc1cc(-n2nc(-c3ccnc(CO)c3)c3c2C[C@@H](C)OCC3)ccc1C(F)(F)F. The molecule has 1 aliphatic rings. The summed E-state index contributed by atoms with van der Waals surface area (Å²) in [6, 6.07) is 7.31. The molecule has 31 heavy (non-hydrogen) atoms. The Morgan fingerprint density at radius 1 is 1.26 bits per heavy atom. The molecule has 0 saturated carbocycles. The minimum atomic E-state index is -4.52. The number of benzene rings is 1. The van der Waals surface area contributed by atoms with Crippen LogP contribution in [0.15, 0.2) is 36.5 Å². The number of halogens is 3. The molecule has 9 heteroatoms. The van der Waals surface area contributed by atoms with Crippen LogP contribution >= 0.6 is 0 Å². The number of nitrogens with zero attached hydrogens (tertiary/aromatic N) is 3. The van der Waals surface area contributed by atoms with Gasteiger partial charge in [0.15, 0.2) is 0 Å². The Bertz CT molecular complexity index is 1100. The Labute approximate surface area is 177 Å². The fourth-order valence-electron chi connectivity index (χ4n) is 3.85. The molecule has 6 nitrogen and oxygen atoms in total. The lowest BCUT2D eigenvalue weighted by Crippen LogP contribution is -2.14. The molecule has 1 aliphatic heterocycles. The van der Waals surface area contributed by atoms with Crippen molar-refractivity contribution in [3.63, 3.8) is 0 Å². The molecule has 0 radical (unpaired) electrons. The van der Waals surface area contributed by atoms with Crippen molar-refractivity contribution in [1.82, 2.24) is 14.8 Å². The number of aliphatic hydroxyl groups excluding tert-OH is 1. The Hall–Kier alpha value is -2.91. The van der Waals surface area contributed by atoms with Crippen LogP contribution in [-0.4, -0.2) is 39.7 Å². The smallest absolute Gasteiger partial charge is 0.419 e. The molecule has 0 aliphatic carbocycles. The predicted molar refractivity (Wildman–Crippen MR) is 107 cm³/mol. The molecule has 3 heterocycles. The maximum Gasteiger partial charge on any atom is 0.419 e. The molecule has 0 amide bonds. The van der Waals surface area contributed by atoms with E-state index in [2.05, 4.69) is 4.98 Å². The predicted octanol–water partition coefficient (Wildman–Crippen LogP) is 3.96. The second-order valence-corrected chi connectivity index (χ2v) is 7.40. The Balaban J connectivity index is 1.89. The van der Waals surface area contributed by atoms with Crippen molar-refractivity contribution in [1.29, 1.82) is 0 Å². The first kappa shape index (κ1) is 21.3. The molecule has 0 spiro atoms. The lowest BCUT2D eigenvalue weighted by atomic mass is 10.0. The van der Waals surface area contributed by atoms with Crippen LogP contribution < -0.4 is 4.74 Å². The molecule has 1 atom stereocenters. The van der Waals surface area contributed by atoms with Crippen molar-refractivity contribution in [3.05, 3.63) is 59.0 Å². The number of aromatic nitrogens is 3. The lowest BCUT2D eigenvalue weighted by molar-refractivity contribution is -0.138. The van der Waals surface area contributed by atoms with Gasteiger partial charge in [-0.2, -0.15) is 18.3 Å². The zero-order valence-electron chi connectivity index (χ0n) is 17.1. The van der Waals surface area contributed by atoms with Gasteiger partial charge in [-0.05, 0) is 37.6 Å². The summed E-state index contributed by atoms with van der Waals surface area (Å²) in [4.78, 5) is 4.11. The minimum absolute atomic E-state index is 0.0636. The van der Waals surface area contributed by atoms with Crippen molar-refractivity contribution in [2.24, 2.45) is 0 Å². The lowest BCUT2D eigenvalue weighted by Gasteiger charge is -2.15. The van der Waals surface area contributed by atoms with Gasteiger partial charge in [0, 0.05) is 29.8 Å². The fourth-order valence-corrected chi connectivity index (χ4v) is 3.85. The molecular weight excluding hydrogens is 411 g/mol. The minimum Gasteiger partial charge on any atom is -0.496 e. The molecule has 0 unspecified atom stereocenters. The van der Waals surface area contributed by atoms with Crippen LogP contribution in [0.1, 0.15) is 29.4 Å². The van der Waals surface area contributed by atoms with Crippen LogP contribution in [0.5, 0.6) is 5.75 Å². The molecule has 0 saturated heterocycles. The highest BCUT2D eigenvalue weighted by Gasteiger charge is 2.35. The average Bonchev–Trinajstić information content (AvgIpc) is 2.99. The third-order valence-corrected chi connectivity index (χ3v) is 5.31. The number of methoxy groups -OCH3 is 1. The highest BCUT2D eigenvalue weighted by molar-refractivity contribution is 5.65. The van der Waals surface area contributed by atoms with Crippen molar-refractivity contribution < 1.29 is 27.8 Å². The number of pyridine rings is 1. The molecule has 164 valence electrons. The molecule has 0 fully saturated rings. The van der Waals surface area contributed by atoms with Crippen molar-refractivity contribution in [3.8, 4) is 22.7 Å². The molecule has 2 aromatic heterocycles. The highest BCUT2D eigenvalue weighted by Crippen LogP contribution is 2.38. The molecule has 1 N–H and O–H groups in total. The summed E-state index contributed by atoms with van der Waals surface area (Å²) in [6.07, 6.45) is -1.81. The molecule has 1 aromatic carbocycles. The van der Waals surface area contributed by atoms with E-state index in [1.54, 1.807) is 23.0 Å². The molecule has 0 bridgehead atoms. The quantitative estimate of drug-likeness (QED) is 0.675. The first-order valence-corrected chi connectivity index (χ1v) is 9.86. The van der Waals surface area contributed by atoms with Crippen LogP contribution in [0.4, 0.5) is 13.2 Å². The number of alkyl halides is 3. The van der Waals surface area contributed by atoms with Crippen LogP contribution in [0.3, 0.4) is 0 Å². The largest absolute Gasteiger partial charge is 0.496 e. The van der Waals surface area contributed by atoms with E-state index in [1.165, 1.54) is 19.2 Å². The fraction of sp³-hybridized carbons (Fsp3) is 0.364. The van der Waals surface area contributed by atoms with E-state index in [0.29, 0.717) is 36.5 Å². The van der Waals surface area contributed by atoms with Gasteiger partial charge >= 0.3 is 6.18 Å². The van der Waals surface area contributed by atoms with Gasteiger partial charge in [-0.3, -0.25) is 4.98 Å². The first-order chi connectivity index (χ1) is 14.8. The summed E-state index contributed by atoms with van der Waals surface area (Å²) in [7, 11) is 1.21. The van der Waals surface area contributed by atoms with Crippen molar-refractivity contribution in [2.45, 2.75) is 38.7 Å². The number of fused-ring (bicyclic) bond motifs is 1. The van der Waals surface area contributed by atoms with E-state index >= 15 is 0 Å². The third kappa shape index (κ3) is 4.15. The van der Waals surface area contributed by atoms with E-state index in [-0.39, 0.29) is 18.5 Å². The summed E-state index contributed by atoms with van der Waals surface area (Å²) in [5.41, 5.74) is 3.47. The van der Waals surface area contributed by atoms with Gasteiger partial charge in [-0.1, -0.05) is 0 Å². The molecule has 3 aromatic rings. The maximum absolute atomic E-state index is 13.3. The normalized spacial score (nSPS) is 16.6. The maximum atomic E-state index is 13.3. The number of ether oxygens (including phenoxy) is 2. The summed E-state index contributed by atoms with van der Waals surface area (Å²) < 4.78 is 52.4. The van der Waals surface area contributed by atoms with E-state index in [1.807, 2.05) is 6.92 Å². The summed E-state index contributed by atoms with van der Waals surface area (Å²) in [5, 5.41) is 14.2. The van der Waals surface area contributed by atoms with Gasteiger partial charge in [0.2, 0.25) is 0 Å². The molecule has 4 rings (SSSR count). The summed E-state index contributed by atoms with van der Waals surface area (Å²) in [5.74, 6) is -0.264. The van der Waals surface area contributed by atoms with E-state index < -0.39 is 11.7 Å². The van der Waals surface area contributed by atoms with Crippen LogP contribution in [0, 0.1) is 0 Å². The standard InChI is InChI=1S/C22H22F3N3O3/c1-13-9-19-17(6-8-31-13)21(14-5-7-26-15(10-14)12-29)27-28(19)16-3-4-18(22(23,24)25)20(11-16)30-2/h3-5,7,10-11,13,29H,6,8-9,12H2,1-2H3/t13-/m1/s1. The average molecular weight is 433 g/mol.